The number of carbonyl (C=O) groups is 2. The fraction of sp³-hybridized carbons (Fsp3) is 0.417. The average Bonchev–Trinajstić information content (AvgIpc) is 2.89. The number of nitrogens with zero attached hydrogens (tertiary/aromatic N) is 2. The molecule has 3 rings (SSSR count). The minimum Gasteiger partial charge on any atom is -0.341 e. The van der Waals surface area contributed by atoms with Gasteiger partial charge in [-0.25, -0.2) is 0 Å². The zero-order chi connectivity index (χ0) is 20.6. The van der Waals surface area contributed by atoms with Crippen LogP contribution in [0.1, 0.15) is 25.3 Å². The van der Waals surface area contributed by atoms with Crippen molar-refractivity contribution in [3.63, 3.8) is 0 Å². The molecule has 2 N–H and O–H groups in total. The lowest BCUT2D eigenvalue weighted by Gasteiger charge is -2.24. The molecule has 5 nitrogen and oxygen atoms in total. The van der Waals surface area contributed by atoms with E-state index in [0.29, 0.717) is 39.0 Å². The van der Waals surface area contributed by atoms with Crippen LogP contribution in [-0.4, -0.2) is 54.3 Å². The SMILES string of the molecule is CCCN1CCN(C(=O)CCN)CC(Cc2ccccc2-c2ccccc2)C1=O. The zero-order valence-corrected chi connectivity index (χ0v) is 17.2. The van der Waals surface area contributed by atoms with Crippen molar-refractivity contribution in [3.05, 3.63) is 60.2 Å². The Labute approximate surface area is 173 Å². The number of amides is 2. The van der Waals surface area contributed by atoms with Crippen molar-refractivity contribution in [1.29, 1.82) is 0 Å². The largest absolute Gasteiger partial charge is 0.341 e. The molecule has 1 fully saturated rings. The smallest absolute Gasteiger partial charge is 0.227 e. The van der Waals surface area contributed by atoms with Gasteiger partial charge in [0.1, 0.15) is 0 Å². The van der Waals surface area contributed by atoms with E-state index in [4.69, 9.17) is 5.73 Å². The quantitative estimate of drug-likeness (QED) is 0.786. The first-order chi connectivity index (χ1) is 14.1. The molecule has 0 radical (unpaired) electrons. The van der Waals surface area contributed by atoms with Crippen molar-refractivity contribution in [1.82, 2.24) is 9.80 Å². The Kier molecular flexibility index (Phi) is 7.42. The summed E-state index contributed by atoms with van der Waals surface area (Å²) < 4.78 is 0. The molecular formula is C24H31N3O2. The first-order valence-electron chi connectivity index (χ1n) is 10.5. The van der Waals surface area contributed by atoms with E-state index in [1.807, 2.05) is 40.1 Å². The van der Waals surface area contributed by atoms with Crippen LogP contribution in [0.5, 0.6) is 0 Å². The Morgan fingerprint density at radius 3 is 2.52 bits per heavy atom. The summed E-state index contributed by atoms with van der Waals surface area (Å²) in [5.41, 5.74) is 9.02. The van der Waals surface area contributed by atoms with Gasteiger partial charge in [0.25, 0.3) is 0 Å². The third-order valence-corrected chi connectivity index (χ3v) is 5.51. The fourth-order valence-electron chi connectivity index (χ4n) is 4.06. The first-order valence-corrected chi connectivity index (χ1v) is 10.5. The Balaban J connectivity index is 1.88. The van der Waals surface area contributed by atoms with Crippen LogP contribution >= 0.6 is 0 Å². The highest BCUT2D eigenvalue weighted by molar-refractivity contribution is 5.83. The summed E-state index contributed by atoms with van der Waals surface area (Å²) in [6, 6.07) is 18.5. The fourth-order valence-corrected chi connectivity index (χ4v) is 4.06. The zero-order valence-electron chi connectivity index (χ0n) is 17.2. The summed E-state index contributed by atoms with van der Waals surface area (Å²) in [6.07, 6.45) is 1.86. The van der Waals surface area contributed by atoms with Crippen LogP contribution in [0.4, 0.5) is 0 Å². The molecule has 2 aromatic carbocycles. The molecule has 2 amide bonds. The molecule has 1 aliphatic heterocycles. The summed E-state index contributed by atoms with van der Waals surface area (Å²) in [5.74, 6) is -0.0478. The monoisotopic (exact) mass is 393 g/mol. The van der Waals surface area contributed by atoms with Gasteiger partial charge in [-0.3, -0.25) is 9.59 Å². The number of hydrogen-bond acceptors (Lipinski definition) is 3. The van der Waals surface area contributed by atoms with E-state index in [0.717, 1.165) is 29.7 Å². The molecule has 0 bridgehead atoms. The van der Waals surface area contributed by atoms with Crippen LogP contribution in [0.25, 0.3) is 11.1 Å². The number of carbonyl (C=O) groups excluding carboxylic acids is 2. The normalized spacial score (nSPS) is 17.3. The Hall–Kier alpha value is -2.66. The van der Waals surface area contributed by atoms with E-state index in [1.165, 1.54) is 0 Å². The van der Waals surface area contributed by atoms with Gasteiger partial charge in [0.2, 0.25) is 11.8 Å². The third kappa shape index (κ3) is 5.24. The predicted molar refractivity (Wildman–Crippen MR) is 116 cm³/mol. The summed E-state index contributed by atoms with van der Waals surface area (Å²) in [4.78, 5) is 29.6. The van der Waals surface area contributed by atoms with Gasteiger partial charge in [0.15, 0.2) is 0 Å². The summed E-state index contributed by atoms with van der Waals surface area (Å²) >= 11 is 0. The van der Waals surface area contributed by atoms with Crippen LogP contribution in [0.2, 0.25) is 0 Å². The van der Waals surface area contributed by atoms with Gasteiger partial charge in [-0.1, -0.05) is 61.5 Å². The molecule has 1 aliphatic rings. The molecule has 0 aliphatic carbocycles. The Bertz CT molecular complexity index is 822. The van der Waals surface area contributed by atoms with Crippen LogP contribution in [0.3, 0.4) is 0 Å². The molecule has 1 atom stereocenters. The highest BCUT2D eigenvalue weighted by Gasteiger charge is 2.32. The van der Waals surface area contributed by atoms with Gasteiger partial charge in [0, 0.05) is 39.1 Å². The van der Waals surface area contributed by atoms with Gasteiger partial charge >= 0.3 is 0 Å². The van der Waals surface area contributed by atoms with Gasteiger partial charge in [-0.05, 0) is 29.5 Å². The summed E-state index contributed by atoms with van der Waals surface area (Å²) in [5, 5.41) is 0. The van der Waals surface area contributed by atoms with Gasteiger partial charge in [-0.15, -0.1) is 0 Å². The number of hydrogen-bond donors (Lipinski definition) is 1. The van der Waals surface area contributed by atoms with Crippen molar-refractivity contribution < 1.29 is 9.59 Å². The van der Waals surface area contributed by atoms with E-state index in [1.54, 1.807) is 0 Å². The van der Waals surface area contributed by atoms with Gasteiger partial charge in [-0.2, -0.15) is 0 Å². The molecule has 1 unspecified atom stereocenters. The van der Waals surface area contributed by atoms with E-state index < -0.39 is 0 Å². The van der Waals surface area contributed by atoms with Gasteiger partial charge < -0.3 is 15.5 Å². The molecule has 5 heteroatoms. The summed E-state index contributed by atoms with van der Waals surface area (Å²) in [6.45, 7) is 4.79. The molecule has 1 heterocycles. The summed E-state index contributed by atoms with van der Waals surface area (Å²) in [7, 11) is 0. The number of nitrogens with two attached hydrogens (primary N) is 1. The highest BCUT2D eigenvalue weighted by Crippen LogP contribution is 2.27. The van der Waals surface area contributed by atoms with Crippen LogP contribution < -0.4 is 5.73 Å². The Morgan fingerprint density at radius 2 is 1.79 bits per heavy atom. The van der Waals surface area contributed by atoms with E-state index in [2.05, 4.69) is 31.2 Å². The molecule has 1 saturated heterocycles. The second-order valence-electron chi connectivity index (χ2n) is 7.63. The van der Waals surface area contributed by atoms with E-state index in [-0.39, 0.29) is 17.7 Å². The maximum absolute atomic E-state index is 13.3. The van der Waals surface area contributed by atoms with Crippen molar-refractivity contribution in [2.24, 2.45) is 11.7 Å². The molecule has 29 heavy (non-hydrogen) atoms. The van der Waals surface area contributed by atoms with Crippen molar-refractivity contribution >= 4 is 11.8 Å². The Morgan fingerprint density at radius 1 is 1.07 bits per heavy atom. The third-order valence-electron chi connectivity index (χ3n) is 5.51. The van der Waals surface area contributed by atoms with Crippen LogP contribution in [0, 0.1) is 5.92 Å². The van der Waals surface area contributed by atoms with Crippen molar-refractivity contribution in [2.75, 3.05) is 32.7 Å². The molecular weight excluding hydrogens is 362 g/mol. The molecule has 0 saturated carbocycles. The topological polar surface area (TPSA) is 66.6 Å². The molecule has 2 aromatic rings. The highest BCUT2D eigenvalue weighted by atomic mass is 16.2. The van der Waals surface area contributed by atoms with Crippen molar-refractivity contribution in [3.8, 4) is 11.1 Å². The standard InChI is InChI=1S/C24H31N3O2/c1-2-14-26-15-16-27(23(28)12-13-25)18-21(24(26)29)17-20-10-6-7-11-22(20)19-8-4-3-5-9-19/h3-11,21H,2,12-18,25H2,1H3. The van der Waals surface area contributed by atoms with E-state index in [9.17, 15) is 9.59 Å². The lowest BCUT2D eigenvalue weighted by atomic mass is 9.91. The first kappa shape index (κ1) is 21.1. The van der Waals surface area contributed by atoms with Crippen LogP contribution in [-0.2, 0) is 16.0 Å². The average molecular weight is 394 g/mol. The second-order valence-corrected chi connectivity index (χ2v) is 7.63. The van der Waals surface area contributed by atoms with Gasteiger partial charge in [0.05, 0.1) is 5.92 Å². The van der Waals surface area contributed by atoms with E-state index >= 15 is 0 Å². The predicted octanol–water partition coefficient (Wildman–Crippen LogP) is 2.94. The minimum atomic E-state index is -0.240. The lowest BCUT2D eigenvalue weighted by Crippen LogP contribution is -2.38. The maximum Gasteiger partial charge on any atom is 0.227 e. The minimum absolute atomic E-state index is 0.0417. The van der Waals surface area contributed by atoms with Crippen LogP contribution in [0.15, 0.2) is 54.6 Å². The maximum atomic E-state index is 13.3. The second kappa shape index (κ2) is 10.2. The molecule has 0 aromatic heterocycles. The lowest BCUT2D eigenvalue weighted by molar-refractivity contribution is -0.135. The molecule has 154 valence electrons. The molecule has 0 spiro atoms. The van der Waals surface area contributed by atoms with Crippen molar-refractivity contribution in [2.45, 2.75) is 26.2 Å². The number of benzene rings is 2. The number of rotatable bonds is 7.